The lowest BCUT2D eigenvalue weighted by molar-refractivity contribution is 0.102. The summed E-state index contributed by atoms with van der Waals surface area (Å²) in [7, 11) is 0. The maximum Gasteiger partial charge on any atom is 0.255 e. The lowest BCUT2D eigenvalue weighted by Crippen LogP contribution is -2.21. The Hall–Kier alpha value is -2.72. The van der Waals surface area contributed by atoms with Crippen molar-refractivity contribution in [3.05, 3.63) is 89.0 Å². The number of nitrogens with zero attached hydrogens (tertiary/aromatic N) is 1. The van der Waals surface area contributed by atoms with Crippen LogP contribution in [0.5, 0.6) is 0 Å². The number of para-hydroxylation sites is 2. The third-order valence-electron chi connectivity index (χ3n) is 5.30. The first-order chi connectivity index (χ1) is 13.7. The Morgan fingerprint density at radius 3 is 2.71 bits per heavy atom. The van der Waals surface area contributed by atoms with Crippen molar-refractivity contribution in [1.29, 1.82) is 0 Å². The molecule has 0 saturated carbocycles. The number of benzene rings is 3. The minimum absolute atomic E-state index is 0.0531. The number of nitrogens with one attached hydrogen (secondary N) is 1. The minimum atomic E-state index is -0.0531. The molecule has 3 nitrogen and oxygen atoms in total. The van der Waals surface area contributed by atoms with Gasteiger partial charge in [-0.25, -0.2) is 0 Å². The fraction of sp³-hybridized carbons (Fsp3) is 0.208. The number of carbonyl (C=O) groups is 1. The molecule has 1 aliphatic heterocycles. The highest BCUT2D eigenvalue weighted by Gasteiger charge is 2.20. The van der Waals surface area contributed by atoms with E-state index in [1.54, 1.807) is 11.8 Å². The average Bonchev–Trinajstić information content (AvgIpc) is 3.13. The molecule has 1 heterocycles. The fourth-order valence-corrected chi connectivity index (χ4v) is 4.16. The molecule has 4 heteroatoms. The van der Waals surface area contributed by atoms with Gasteiger partial charge in [-0.15, -0.1) is 11.8 Å². The Kier molecular flexibility index (Phi) is 5.40. The molecule has 0 aliphatic carbocycles. The van der Waals surface area contributed by atoms with Crippen LogP contribution in [0, 0.1) is 6.92 Å². The molecule has 3 aromatic rings. The topological polar surface area (TPSA) is 32.3 Å². The highest BCUT2D eigenvalue weighted by molar-refractivity contribution is 7.98. The molecule has 0 aromatic heterocycles. The van der Waals surface area contributed by atoms with E-state index in [4.69, 9.17) is 0 Å². The SMILES string of the molecule is CSc1ccc(C)c(C(=O)Nc2ccccc2CN2CCc3ccccc32)c1. The van der Waals surface area contributed by atoms with Crippen molar-refractivity contribution in [2.45, 2.75) is 24.8 Å². The maximum absolute atomic E-state index is 13.0. The maximum atomic E-state index is 13.0. The molecule has 0 spiro atoms. The van der Waals surface area contributed by atoms with Gasteiger partial charge in [0.1, 0.15) is 0 Å². The third kappa shape index (κ3) is 3.78. The van der Waals surface area contributed by atoms with Gasteiger partial charge in [-0.3, -0.25) is 4.79 Å². The van der Waals surface area contributed by atoms with Gasteiger partial charge < -0.3 is 10.2 Å². The van der Waals surface area contributed by atoms with E-state index in [9.17, 15) is 4.79 Å². The zero-order chi connectivity index (χ0) is 19.5. The van der Waals surface area contributed by atoms with E-state index in [-0.39, 0.29) is 5.91 Å². The van der Waals surface area contributed by atoms with Gasteiger partial charge in [0.25, 0.3) is 5.91 Å². The smallest absolute Gasteiger partial charge is 0.255 e. The van der Waals surface area contributed by atoms with E-state index in [2.05, 4.69) is 46.6 Å². The van der Waals surface area contributed by atoms with E-state index in [0.717, 1.165) is 46.8 Å². The van der Waals surface area contributed by atoms with Crippen LogP contribution in [0.25, 0.3) is 0 Å². The molecule has 0 bridgehead atoms. The fourth-order valence-electron chi connectivity index (χ4n) is 3.72. The molecule has 0 unspecified atom stereocenters. The Bertz CT molecular complexity index is 1010. The summed E-state index contributed by atoms with van der Waals surface area (Å²) in [6.45, 7) is 3.78. The molecule has 1 amide bonds. The van der Waals surface area contributed by atoms with Crippen molar-refractivity contribution in [3.8, 4) is 0 Å². The summed E-state index contributed by atoms with van der Waals surface area (Å²) in [5.74, 6) is -0.0531. The molecule has 4 rings (SSSR count). The summed E-state index contributed by atoms with van der Waals surface area (Å²) >= 11 is 1.65. The minimum Gasteiger partial charge on any atom is -0.367 e. The molecule has 0 atom stereocenters. The molecular formula is C24H24N2OS. The Morgan fingerprint density at radius 1 is 1.07 bits per heavy atom. The van der Waals surface area contributed by atoms with Gasteiger partial charge in [-0.05, 0) is 60.6 Å². The zero-order valence-electron chi connectivity index (χ0n) is 16.2. The second-order valence-corrected chi connectivity index (χ2v) is 7.97. The first kappa shape index (κ1) is 18.6. The lowest BCUT2D eigenvalue weighted by atomic mass is 10.1. The van der Waals surface area contributed by atoms with Crippen LogP contribution in [0.4, 0.5) is 11.4 Å². The average molecular weight is 389 g/mol. The number of amides is 1. The Labute approximate surface area is 170 Å². The van der Waals surface area contributed by atoms with Crippen LogP contribution in [0.2, 0.25) is 0 Å². The molecule has 0 saturated heterocycles. The van der Waals surface area contributed by atoms with Crippen LogP contribution < -0.4 is 10.2 Å². The quantitative estimate of drug-likeness (QED) is 0.583. The highest BCUT2D eigenvalue weighted by atomic mass is 32.2. The van der Waals surface area contributed by atoms with E-state index in [1.807, 2.05) is 43.5 Å². The second-order valence-electron chi connectivity index (χ2n) is 7.09. The van der Waals surface area contributed by atoms with Gasteiger partial charge in [0, 0.05) is 34.9 Å². The van der Waals surface area contributed by atoms with Crippen LogP contribution in [0.15, 0.2) is 71.6 Å². The molecular weight excluding hydrogens is 364 g/mol. The van der Waals surface area contributed by atoms with E-state index < -0.39 is 0 Å². The summed E-state index contributed by atoms with van der Waals surface area (Å²) in [4.78, 5) is 16.4. The third-order valence-corrected chi connectivity index (χ3v) is 6.02. The van der Waals surface area contributed by atoms with Crippen LogP contribution in [-0.2, 0) is 13.0 Å². The number of carbonyl (C=O) groups excluding carboxylic acids is 1. The van der Waals surface area contributed by atoms with Crippen LogP contribution in [0.3, 0.4) is 0 Å². The molecule has 1 aliphatic rings. The van der Waals surface area contributed by atoms with Crippen molar-refractivity contribution in [3.63, 3.8) is 0 Å². The van der Waals surface area contributed by atoms with Crippen LogP contribution >= 0.6 is 11.8 Å². The summed E-state index contributed by atoms with van der Waals surface area (Å²) in [6.07, 6.45) is 3.10. The van der Waals surface area contributed by atoms with Crippen molar-refractivity contribution in [2.24, 2.45) is 0 Å². The summed E-state index contributed by atoms with van der Waals surface area (Å²) < 4.78 is 0. The zero-order valence-corrected chi connectivity index (χ0v) is 17.1. The van der Waals surface area contributed by atoms with Crippen molar-refractivity contribution < 1.29 is 4.79 Å². The van der Waals surface area contributed by atoms with Crippen molar-refractivity contribution in [1.82, 2.24) is 0 Å². The van der Waals surface area contributed by atoms with Crippen molar-refractivity contribution in [2.75, 3.05) is 23.0 Å². The number of thioether (sulfide) groups is 1. The number of hydrogen-bond acceptors (Lipinski definition) is 3. The number of aryl methyl sites for hydroxylation is 1. The lowest BCUT2D eigenvalue weighted by Gasteiger charge is -2.21. The molecule has 1 N–H and O–H groups in total. The largest absolute Gasteiger partial charge is 0.367 e. The second kappa shape index (κ2) is 8.11. The molecule has 28 heavy (non-hydrogen) atoms. The summed E-state index contributed by atoms with van der Waals surface area (Å²) in [5.41, 5.74) is 6.42. The molecule has 3 aromatic carbocycles. The highest BCUT2D eigenvalue weighted by Crippen LogP contribution is 2.30. The van der Waals surface area contributed by atoms with E-state index in [0.29, 0.717) is 0 Å². The summed E-state index contributed by atoms with van der Waals surface area (Å²) in [5, 5.41) is 3.14. The van der Waals surface area contributed by atoms with Gasteiger partial charge in [0.15, 0.2) is 0 Å². The summed E-state index contributed by atoms with van der Waals surface area (Å²) in [6, 6.07) is 22.7. The first-order valence-electron chi connectivity index (χ1n) is 9.52. The number of hydrogen-bond donors (Lipinski definition) is 1. The van der Waals surface area contributed by atoms with Gasteiger partial charge >= 0.3 is 0 Å². The normalized spacial score (nSPS) is 12.7. The number of anilines is 2. The number of fused-ring (bicyclic) bond motifs is 1. The first-order valence-corrected chi connectivity index (χ1v) is 10.7. The Morgan fingerprint density at radius 2 is 1.86 bits per heavy atom. The van der Waals surface area contributed by atoms with Crippen LogP contribution in [-0.4, -0.2) is 18.7 Å². The van der Waals surface area contributed by atoms with Gasteiger partial charge in [0.2, 0.25) is 0 Å². The molecule has 142 valence electrons. The van der Waals surface area contributed by atoms with Gasteiger partial charge in [-0.2, -0.15) is 0 Å². The molecule has 0 radical (unpaired) electrons. The van der Waals surface area contributed by atoms with E-state index >= 15 is 0 Å². The van der Waals surface area contributed by atoms with Crippen molar-refractivity contribution >= 4 is 29.0 Å². The Balaban J connectivity index is 1.56. The van der Waals surface area contributed by atoms with Gasteiger partial charge in [-0.1, -0.05) is 42.5 Å². The predicted molar refractivity (Wildman–Crippen MR) is 119 cm³/mol. The van der Waals surface area contributed by atoms with Gasteiger partial charge in [0.05, 0.1) is 0 Å². The van der Waals surface area contributed by atoms with Crippen LogP contribution in [0.1, 0.15) is 27.0 Å². The monoisotopic (exact) mass is 388 g/mol. The number of rotatable bonds is 5. The van der Waals surface area contributed by atoms with E-state index in [1.165, 1.54) is 11.3 Å². The molecule has 0 fully saturated rings. The predicted octanol–water partition coefficient (Wildman–Crippen LogP) is 5.53. The standard InChI is InChI=1S/C24H24N2OS/c1-17-11-12-20(28-2)15-21(17)24(27)25-22-9-5-3-8-19(22)16-26-14-13-18-7-4-6-10-23(18)26/h3-12,15H,13-14,16H2,1-2H3,(H,25,27).